The molecule has 1 aliphatic heterocycles. The van der Waals surface area contributed by atoms with Crippen molar-refractivity contribution < 1.29 is 5.32 Å². The molecule has 3 aromatic rings. The summed E-state index contributed by atoms with van der Waals surface area (Å²) in [4.78, 5) is 10.2. The van der Waals surface area contributed by atoms with E-state index in [0.717, 1.165) is 22.8 Å². The second kappa shape index (κ2) is 4.93. The number of nitrogens with one attached hydrogen (secondary N) is 3. The normalized spacial score (nSPS) is 14.3. The van der Waals surface area contributed by atoms with E-state index in [1.165, 1.54) is 22.8 Å². The second-order valence-corrected chi connectivity index (χ2v) is 5.78. The topological polar surface area (TPSA) is 64.0 Å². The van der Waals surface area contributed by atoms with Gasteiger partial charge in [-0.1, -0.05) is 0 Å². The molecule has 0 radical (unpaired) electrons. The van der Waals surface area contributed by atoms with Crippen LogP contribution in [0, 0.1) is 13.8 Å². The van der Waals surface area contributed by atoms with Crippen molar-refractivity contribution in [2.75, 3.05) is 0 Å². The molecule has 0 fully saturated rings. The molecule has 110 valence electrons. The molecule has 4 heterocycles. The van der Waals surface area contributed by atoms with Crippen LogP contribution in [0.4, 0.5) is 0 Å². The number of aryl methyl sites for hydroxylation is 2. The predicted molar refractivity (Wildman–Crippen MR) is 88.7 cm³/mol. The molecule has 3 aromatic heterocycles. The maximum absolute atomic E-state index is 3.49. The van der Waals surface area contributed by atoms with Gasteiger partial charge in [-0.25, -0.2) is 0 Å². The first-order valence-corrected chi connectivity index (χ1v) is 7.47. The lowest BCUT2D eigenvalue weighted by molar-refractivity contribution is -0.457. The summed E-state index contributed by atoms with van der Waals surface area (Å²) in [6, 6.07) is 12.7. The molecule has 0 saturated carbocycles. The van der Waals surface area contributed by atoms with Gasteiger partial charge in [-0.2, -0.15) is 0 Å². The van der Waals surface area contributed by atoms with Gasteiger partial charge < -0.3 is 15.0 Å². The van der Waals surface area contributed by atoms with Crippen molar-refractivity contribution in [2.24, 2.45) is 0 Å². The fourth-order valence-electron chi connectivity index (χ4n) is 2.83. The molecule has 5 N–H and O–H groups in total. The molecular weight excluding hydrogens is 272 g/mol. The monoisotopic (exact) mass is 291 g/mol. The van der Waals surface area contributed by atoms with Crippen LogP contribution < -0.4 is 5.32 Å². The molecule has 0 amide bonds. The van der Waals surface area contributed by atoms with Crippen LogP contribution in [0.15, 0.2) is 48.6 Å². The fourth-order valence-corrected chi connectivity index (χ4v) is 2.83. The van der Waals surface area contributed by atoms with Crippen molar-refractivity contribution in [1.29, 1.82) is 0 Å². The summed E-state index contributed by atoms with van der Waals surface area (Å²) >= 11 is 0. The van der Waals surface area contributed by atoms with Crippen LogP contribution >= 0.6 is 0 Å². The van der Waals surface area contributed by atoms with E-state index in [4.69, 9.17) is 0 Å². The summed E-state index contributed by atoms with van der Waals surface area (Å²) in [5.41, 5.74) is 9.31. The molecule has 0 unspecified atom stereocenters. The predicted octanol–water partition coefficient (Wildman–Crippen LogP) is 2.91. The van der Waals surface area contributed by atoms with Gasteiger partial charge >= 0.3 is 0 Å². The Balaban J connectivity index is 1.54. The Morgan fingerprint density at radius 2 is 1.05 bits per heavy atom. The number of aromatic nitrogens is 3. The zero-order valence-corrected chi connectivity index (χ0v) is 12.7. The molecule has 0 spiro atoms. The van der Waals surface area contributed by atoms with Crippen molar-refractivity contribution in [2.45, 2.75) is 13.8 Å². The van der Waals surface area contributed by atoms with Crippen molar-refractivity contribution in [3.8, 4) is 11.4 Å². The van der Waals surface area contributed by atoms with Crippen LogP contribution in [-0.4, -0.2) is 15.0 Å². The first kappa shape index (κ1) is 13.0. The molecule has 4 heteroatoms. The second-order valence-electron chi connectivity index (χ2n) is 5.78. The van der Waals surface area contributed by atoms with Crippen LogP contribution in [0.1, 0.15) is 22.8 Å². The molecule has 22 heavy (non-hydrogen) atoms. The summed E-state index contributed by atoms with van der Waals surface area (Å²) in [7, 11) is 0. The van der Waals surface area contributed by atoms with E-state index in [1.807, 2.05) is 0 Å². The molecule has 0 atom stereocenters. The number of aromatic amines is 3. The van der Waals surface area contributed by atoms with Gasteiger partial charge in [0.15, 0.2) is 11.4 Å². The van der Waals surface area contributed by atoms with E-state index in [9.17, 15) is 0 Å². The highest BCUT2D eigenvalue weighted by Gasteiger charge is 2.19. The summed E-state index contributed by atoms with van der Waals surface area (Å²) in [5, 5.41) is 2.21. The molecule has 0 aliphatic carbocycles. The lowest BCUT2D eigenvalue weighted by Crippen LogP contribution is -2.76. The minimum Gasteiger partial charge on any atom is -0.357 e. The van der Waals surface area contributed by atoms with E-state index < -0.39 is 0 Å². The Morgan fingerprint density at radius 1 is 0.591 bits per heavy atom. The Labute approximate surface area is 129 Å². The third kappa shape index (κ3) is 2.23. The van der Waals surface area contributed by atoms with Gasteiger partial charge in [-0.05, 0) is 50.2 Å². The standard InChI is InChI=1S/C18H18N4/c1-11-3-5-13(19-11)15-7-9-17(21-15)18-10-8-16(22-18)14-6-4-12(2)20-14/h3-10,19-22H,1-2H3/p+1. The highest BCUT2D eigenvalue weighted by Crippen LogP contribution is 2.21. The van der Waals surface area contributed by atoms with Gasteiger partial charge in [0.05, 0.1) is 11.4 Å². The summed E-state index contributed by atoms with van der Waals surface area (Å²) < 4.78 is 0. The van der Waals surface area contributed by atoms with E-state index in [-0.39, 0.29) is 0 Å². The van der Waals surface area contributed by atoms with Crippen molar-refractivity contribution in [3.63, 3.8) is 0 Å². The summed E-state index contributed by atoms with van der Waals surface area (Å²) in [6.45, 7) is 4.14. The van der Waals surface area contributed by atoms with Crippen LogP contribution in [-0.2, 0) is 0 Å². The molecule has 1 aliphatic rings. The first-order valence-electron chi connectivity index (χ1n) is 7.47. The van der Waals surface area contributed by atoms with Crippen molar-refractivity contribution in [3.05, 3.63) is 71.3 Å². The first-order chi connectivity index (χ1) is 10.7. The van der Waals surface area contributed by atoms with Gasteiger partial charge in [0.1, 0.15) is 11.4 Å². The number of nitrogens with two attached hydrogens (primary N) is 1. The van der Waals surface area contributed by atoms with Gasteiger partial charge in [0.25, 0.3) is 0 Å². The summed E-state index contributed by atoms with van der Waals surface area (Å²) in [5.74, 6) is 0. The Kier molecular flexibility index (Phi) is 2.91. The van der Waals surface area contributed by atoms with E-state index >= 15 is 0 Å². The highest BCUT2D eigenvalue weighted by atomic mass is 15.0. The average molecular weight is 291 g/mol. The maximum atomic E-state index is 3.49. The molecular formula is C18H19N4+. The summed E-state index contributed by atoms with van der Waals surface area (Å²) in [6.07, 6.45) is 4.31. The Hall–Kier alpha value is -2.72. The fraction of sp³-hybridized carbons (Fsp3) is 0.111. The van der Waals surface area contributed by atoms with Crippen LogP contribution in [0.25, 0.3) is 22.8 Å². The van der Waals surface area contributed by atoms with Crippen molar-refractivity contribution >= 4 is 11.4 Å². The minimum atomic E-state index is 1.11. The third-order valence-electron chi connectivity index (χ3n) is 4.02. The maximum Gasteiger partial charge on any atom is 0.158 e. The van der Waals surface area contributed by atoms with E-state index in [1.54, 1.807) is 0 Å². The molecule has 4 rings (SSSR count). The Morgan fingerprint density at radius 3 is 1.64 bits per heavy atom. The zero-order valence-electron chi connectivity index (χ0n) is 12.7. The highest BCUT2D eigenvalue weighted by molar-refractivity contribution is 5.72. The SMILES string of the molecule is Cc1ccc(C2=CC=C(c3ccc(-c4ccc(C)[nH]4)[nH]3)[NH2+]2)[nH]1. The molecule has 0 aromatic carbocycles. The van der Waals surface area contributed by atoms with E-state index in [2.05, 4.69) is 82.7 Å². The van der Waals surface area contributed by atoms with Gasteiger partial charge in [0, 0.05) is 23.5 Å². The van der Waals surface area contributed by atoms with Crippen LogP contribution in [0.3, 0.4) is 0 Å². The number of hydrogen-bond donors (Lipinski definition) is 4. The lowest BCUT2D eigenvalue weighted by atomic mass is 10.3. The molecule has 4 nitrogen and oxygen atoms in total. The quantitative estimate of drug-likeness (QED) is 0.573. The third-order valence-corrected chi connectivity index (χ3v) is 4.02. The number of hydrogen-bond acceptors (Lipinski definition) is 0. The number of quaternary nitrogens is 1. The van der Waals surface area contributed by atoms with E-state index in [0.29, 0.717) is 0 Å². The Bertz CT molecular complexity index is 886. The molecule has 0 saturated heterocycles. The minimum absolute atomic E-state index is 1.11. The zero-order chi connectivity index (χ0) is 15.1. The number of allylic oxidation sites excluding steroid dienone is 2. The van der Waals surface area contributed by atoms with Crippen LogP contribution in [0.5, 0.6) is 0 Å². The van der Waals surface area contributed by atoms with Gasteiger partial charge in [0.2, 0.25) is 0 Å². The van der Waals surface area contributed by atoms with Crippen LogP contribution in [0.2, 0.25) is 0 Å². The number of rotatable bonds is 3. The largest absolute Gasteiger partial charge is 0.357 e. The lowest BCUT2D eigenvalue weighted by Gasteiger charge is -2.00. The molecule has 0 bridgehead atoms. The van der Waals surface area contributed by atoms with Crippen molar-refractivity contribution in [1.82, 2.24) is 15.0 Å². The number of H-pyrrole nitrogens is 3. The smallest absolute Gasteiger partial charge is 0.158 e. The van der Waals surface area contributed by atoms with Gasteiger partial charge in [-0.3, -0.25) is 5.32 Å². The average Bonchev–Trinajstić information content (AvgIpc) is 3.24. The van der Waals surface area contributed by atoms with Gasteiger partial charge in [-0.15, -0.1) is 0 Å².